The number of nitrogens with zero attached hydrogens (tertiary/aromatic N) is 1. The van der Waals surface area contributed by atoms with E-state index in [1.807, 2.05) is 17.2 Å². The van der Waals surface area contributed by atoms with Crippen LogP contribution in [0, 0.1) is 5.82 Å². The van der Waals surface area contributed by atoms with Crippen LogP contribution in [0.15, 0.2) is 18.2 Å². The third-order valence-electron chi connectivity index (χ3n) is 3.10. The van der Waals surface area contributed by atoms with Crippen molar-refractivity contribution >= 4 is 17.4 Å². The zero-order valence-electron chi connectivity index (χ0n) is 10.6. The Bertz CT molecular complexity index is 397. The Labute approximate surface area is 111 Å². The SMILES string of the molecule is CSCC(N)c1ccc(F)c(N2CCOCC2)c1. The maximum Gasteiger partial charge on any atom is 0.146 e. The van der Waals surface area contributed by atoms with E-state index >= 15 is 0 Å². The van der Waals surface area contributed by atoms with Crippen molar-refractivity contribution in [3.8, 4) is 0 Å². The lowest BCUT2D eigenvalue weighted by Gasteiger charge is -2.29. The van der Waals surface area contributed by atoms with Gasteiger partial charge in [-0.3, -0.25) is 0 Å². The van der Waals surface area contributed by atoms with E-state index in [2.05, 4.69) is 0 Å². The third kappa shape index (κ3) is 3.16. The molecule has 1 saturated heterocycles. The third-order valence-corrected chi connectivity index (χ3v) is 3.79. The zero-order chi connectivity index (χ0) is 13.0. The normalized spacial score (nSPS) is 17.8. The summed E-state index contributed by atoms with van der Waals surface area (Å²) in [6.45, 7) is 2.78. The molecule has 1 aromatic carbocycles. The number of rotatable bonds is 4. The first-order chi connectivity index (χ1) is 8.72. The molecule has 2 rings (SSSR count). The number of thioether (sulfide) groups is 1. The minimum atomic E-state index is -0.183. The predicted molar refractivity (Wildman–Crippen MR) is 74.7 cm³/mol. The molecule has 0 aliphatic carbocycles. The summed E-state index contributed by atoms with van der Waals surface area (Å²) in [7, 11) is 0. The number of anilines is 1. The number of halogens is 1. The van der Waals surface area contributed by atoms with E-state index in [4.69, 9.17) is 10.5 Å². The van der Waals surface area contributed by atoms with Gasteiger partial charge in [0.15, 0.2) is 0 Å². The summed E-state index contributed by atoms with van der Waals surface area (Å²) in [6.07, 6.45) is 2.02. The Kier molecular flexibility index (Phi) is 4.86. The topological polar surface area (TPSA) is 38.5 Å². The van der Waals surface area contributed by atoms with Crippen LogP contribution in [-0.2, 0) is 4.74 Å². The number of nitrogens with two attached hydrogens (primary N) is 1. The second-order valence-electron chi connectivity index (χ2n) is 4.37. The maximum atomic E-state index is 13.9. The molecular formula is C13H19FN2OS. The summed E-state index contributed by atoms with van der Waals surface area (Å²) in [5.41, 5.74) is 7.71. The number of benzene rings is 1. The van der Waals surface area contributed by atoms with Gasteiger partial charge in [-0.25, -0.2) is 4.39 Å². The number of hydrogen-bond donors (Lipinski definition) is 1. The predicted octanol–water partition coefficient (Wildman–Crippen LogP) is 2.03. The Morgan fingerprint density at radius 3 is 2.83 bits per heavy atom. The summed E-state index contributed by atoms with van der Waals surface area (Å²) in [5, 5.41) is 0. The second kappa shape index (κ2) is 6.41. The molecule has 18 heavy (non-hydrogen) atoms. The molecule has 0 spiro atoms. The van der Waals surface area contributed by atoms with Gasteiger partial charge >= 0.3 is 0 Å². The van der Waals surface area contributed by atoms with Crippen molar-refractivity contribution in [2.24, 2.45) is 5.73 Å². The largest absolute Gasteiger partial charge is 0.378 e. The Hall–Kier alpha value is -0.780. The molecule has 1 unspecified atom stereocenters. The lowest BCUT2D eigenvalue weighted by molar-refractivity contribution is 0.122. The van der Waals surface area contributed by atoms with Crippen molar-refractivity contribution in [2.45, 2.75) is 6.04 Å². The molecule has 0 amide bonds. The molecule has 5 heteroatoms. The van der Waals surface area contributed by atoms with Gasteiger partial charge in [-0.1, -0.05) is 6.07 Å². The van der Waals surface area contributed by atoms with Gasteiger partial charge in [-0.2, -0.15) is 11.8 Å². The molecule has 2 N–H and O–H groups in total. The van der Waals surface area contributed by atoms with Gasteiger partial charge in [0.2, 0.25) is 0 Å². The highest BCUT2D eigenvalue weighted by atomic mass is 32.2. The number of ether oxygens (including phenoxy) is 1. The molecule has 0 radical (unpaired) electrons. The molecule has 0 saturated carbocycles. The summed E-state index contributed by atoms with van der Waals surface area (Å²) < 4.78 is 19.2. The van der Waals surface area contributed by atoms with Crippen LogP contribution in [0.1, 0.15) is 11.6 Å². The molecule has 0 aromatic heterocycles. The summed E-state index contributed by atoms with van der Waals surface area (Å²) in [6, 6.07) is 5.13. The Balaban J connectivity index is 2.20. The molecular weight excluding hydrogens is 251 g/mol. The average Bonchev–Trinajstić information content (AvgIpc) is 2.40. The summed E-state index contributed by atoms with van der Waals surface area (Å²) >= 11 is 1.70. The number of morpholine rings is 1. The zero-order valence-corrected chi connectivity index (χ0v) is 11.4. The van der Waals surface area contributed by atoms with E-state index in [0.29, 0.717) is 18.9 Å². The monoisotopic (exact) mass is 270 g/mol. The fourth-order valence-corrected chi connectivity index (χ4v) is 2.63. The van der Waals surface area contributed by atoms with Gasteiger partial charge in [0.05, 0.1) is 18.9 Å². The van der Waals surface area contributed by atoms with Crippen LogP contribution in [0.4, 0.5) is 10.1 Å². The molecule has 3 nitrogen and oxygen atoms in total. The fraction of sp³-hybridized carbons (Fsp3) is 0.538. The summed E-state index contributed by atoms with van der Waals surface area (Å²) in [4.78, 5) is 2.02. The lowest BCUT2D eigenvalue weighted by atomic mass is 10.1. The van der Waals surface area contributed by atoms with E-state index < -0.39 is 0 Å². The van der Waals surface area contributed by atoms with E-state index in [9.17, 15) is 4.39 Å². The molecule has 1 fully saturated rings. The summed E-state index contributed by atoms with van der Waals surface area (Å²) in [5.74, 6) is 0.658. The quantitative estimate of drug-likeness (QED) is 0.908. The molecule has 1 atom stereocenters. The van der Waals surface area contributed by atoms with Gasteiger partial charge in [0.25, 0.3) is 0 Å². The first-order valence-corrected chi connectivity index (χ1v) is 7.48. The minimum Gasteiger partial charge on any atom is -0.378 e. The van der Waals surface area contributed by atoms with Crippen LogP contribution in [0.2, 0.25) is 0 Å². The van der Waals surface area contributed by atoms with E-state index in [1.54, 1.807) is 17.8 Å². The van der Waals surface area contributed by atoms with Crippen molar-refractivity contribution in [1.29, 1.82) is 0 Å². The van der Waals surface area contributed by atoms with Gasteiger partial charge < -0.3 is 15.4 Å². The molecule has 100 valence electrons. The van der Waals surface area contributed by atoms with Crippen LogP contribution in [0.25, 0.3) is 0 Å². The van der Waals surface area contributed by atoms with E-state index in [1.165, 1.54) is 6.07 Å². The van der Waals surface area contributed by atoms with E-state index in [0.717, 1.165) is 24.4 Å². The molecule has 1 heterocycles. The van der Waals surface area contributed by atoms with Crippen molar-refractivity contribution in [3.05, 3.63) is 29.6 Å². The van der Waals surface area contributed by atoms with Gasteiger partial charge in [0.1, 0.15) is 5.82 Å². The van der Waals surface area contributed by atoms with Gasteiger partial charge in [0, 0.05) is 24.9 Å². The average molecular weight is 270 g/mol. The molecule has 1 aromatic rings. The highest BCUT2D eigenvalue weighted by Gasteiger charge is 2.17. The first kappa shape index (κ1) is 13.6. The standard InChI is InChI=1S/C13H19FN2OS/c1-18-9-12(15)10-2-3-11(14)13(8-10)16-4-6-17-7-5-16/h2-3,8,12H,4-7,9,15H2,1H3. The van der Waals surface area contributed by atoms with Crippen molar-refractivity contribution in [1.82, 2.24) is 0 Å². The second-order valence-corrected chi connectivity index (χ2v) is 5.28. The lowest BCUT2D eigenvalue weighted by Crippen LogP contribution is -2.36. The molecule has 1 aliphatic rings. The van der Waals surface area contributed by atoms with Crippen LogP contribution >= 0.6 is 11.8 Å². The van der Waals surface area contributed by atoms with Gasteiger partial charge in [-0.05, 0) is 24.0 Å². The maximum absolute atomic E-state index is 13.9. The van der Waals surface area contributed by atoms with Crippen LogP contribution in [0.5, 0.6) is 0 Å². The van der Waals surface area contributed by atoms with Crippen molar-refractivity contribution in [3.63, 3.8) is 0 Å². The van der Waals surface area contributed by atoms with Gasteiger partial charge in [-0.15, -0.1) is 0 Å². The van der Waals surface area contributed by atoms with Crippen LogP contribution in [0.3, 0.4) is 0 Å². The number of hydrogen-bond acceptors (Lipinski definition) is 4. The van der Waals surface area contributed by atoms with E-state index in [-0.39, 0.29) is 11.9 Å². The minimum absolute atomic E-state index is 0.0413. The highest BCUT2D eigenvalue weighted by Crippen LogP contribution is 2.25. The smallest absolute Gasteiger partial charge is 0.146 e. The Morgan fingerprint density at radius 1 is 1.44 bits per heavy atom. The van der Waals surface area contributed by atoms with Crippen molar-refractivity contribution < 1.29 is 9.13 Å². The fourth-order valence-electron chi connectivity index (χ4n) is 2.08. The highest BCUT2D eigenvalue weighted by molar-refractivity contribution is 7.98. The van der Waals surface area contributed by atoms with Crippen LogP contribution < -0.4 is 10.6 Å². The Morgan fingerprint density at radius 2 is 2.17 bits per heavy atom. The van der Waals surface area contributed by atoms with Crippen LogP contribution in [-0.4, -0.2) is 38.3 Å². The van der Waals surface area contributed by atoms with Crippen molar-refractivity contribution in [2.75, 3.05) is 43.2 Å². The molecule has 1 aliphatic heterocycles. The first-order valence-electron chi connectivity index (χ1n) is 6.09. The molecule has 0 bridgehead atoms.